The van der Waals surface area contributed by atoms with Gasteiger partial charge in [0.1, 0.15) is 0 Å². The normalized spacial score (nSPS) is 16.8. The minimum atomic E-state index is -4.28. The van der Waals surface area contributed by atoms with E-state index in [2.05, 4.69) is 9.80 Å². The number of benzene rings is 2. The van der Waals surface area contributed by atoms with Crippen LogP contribution in [-0.2, 0) is 19.1 Å². The van der Waals surface area contributed by atoms with Crippen LogP contribution in [0.5, 0.6) is 0 Å². The van der Waals surface area contributed by atoms with Gasteiger partial charge in [0.15, 0.2) is 0 Å². The molecule has 0 unspecified atom stereocenters. The summed E-state index contributed by atoms with van der Waals surface area (Å²) < 4.78 is 38.5. The van der Waals surface area contributed by atoms with Crippen LogP contribution in [0.15, 0.2) is 48.5 Å². The van der Waals surface area contributed by atoms with Gasteiger partial charge in [-0.1, -0.05) is 41.9 Å². The van der Waals surface area contributed by atoms with Crippen molar-refractivity contribution in [2.75, 3.05) is 32.7 Å². The molecule has 0 aromatic heterocycles. The minimum absolute atomic E-state index is 0.564. The molecule has 1 aliphatic heterocycles. The van der Waals surface area contributed by atoms with Crippen molar-refractivity contribution in [1.29, 1.82) is 0 Å². The Labute approximate surface area is 157 Å². The maximum absolute atomic E-state index is 12.8. The Morgan fingerprint density at radius 2 is 1.50 bits per heavy atom. The molecule has 0 aliphatic carbocycles. The second-order valence-electron chi connectivity index (χ2n) is 6.69. The molecule has 0 amide bonds. The summed E-state index contributed by atoms with van der Waals surface area (Å²) in [7, 11) is 0. The number of hydrogen-bond donors (Lipinski definition) is 0. The zero-order valence-electron chi connectivity index (χ0n) is 14.5. The zero-order valence-corrected chi connectivity index (χ0v) is 15.2. The van der Waals surface area contributed by atoms with Gasteiger partial charge in [-0.25, -0.2) is 0 Å². The number of alkyl halides is 3. The summed E-state index contributed by atoms with van der Waals surface area (Å²) in [4.78, 5) is 4.62. The number of piperazine rings is 1. The number of halogens is 4. The molecule has 26 heavy (non-hydrogen) atoms. The lowest BCUT2D eigenvalue weighted by molar-refractivity contribution is -0.137. The molecular weight excluding hydrogens is 361 g/mol. The van der Waals surface area contributed by atoms with E-state index in [1.165, 1.54) is 17.7 Å². The fourth-order valence-electron chi connectivity index (χ4n) is 3.21. The first-order valence-electron chi connectivity index (χ1n) is 8.75. The Morgan fingerprint density at radius 3 is 2.15 bits per heavy atom. The monoisotopic (exact) mass is 382 g/mol. The summed E-state index contributed by atoms with van der Waals surface area (Å²) in [6.45, 7) is 5.17. The van der Waals surface area contributed by atoms with Crippen molar-refractivity contribution in [3.8, 4) is 0 Å². The standard InChI is InChI=1S/C20H22ClF3N2/c21-19-6-4-16(5-7-19)8-9-25-10-12-26(13-11-25)15-17-2-1-3-18(14-17)20(22,23)24/h1-7,14H,8-13,15H2. The van der Waals surface area contributed by atoms with E-state index in [9.17, 15) is 13.2 Å². The maximum atomic E-state index is 12.8. The fraction of sp³-hybridized carbons (Fsp3) is 0.400. The molecule has 0 saturated carbocycles. The molecule has 2 nitrogen and oxygen atoms in total. The summed E-state index contributed by atoms with van der Waals surface area (Å²) in [5.41, 5.74) is 1.41. The van der Waals surface area contributed by atoms with Crippen LogP contribution in [-0.4, -0.2) is 42.5 Å². The van der Waals surface area contributed by atoms with Crippen LogP contribution in [0.2, 0.25) is 5.02 Å². The van der Waals surface area contributed by atoms with Crippen molar-refractivity contribution in [2.45, 2.75) is 19.1 Å². The average Bonchev–Trinajstić information content (AvgIpc) is 2.62. The highest BCUT2D eigenvalue weighted by Crippen LogP contribution is 2.29. The van der Waals surface area contributed by atoms with E-state index in [1.807, 2.05) is 24.3 Å². The molecule has 0 bridgehead atoms. The molecule has 0 spiro atoms. The van der Waals surface area contributed by atoms with Gasteiger partial charge in [-0.15, -0.1) is 0 Å². The van der Waals surface area contributed by atoms with Gasteiger partial charge >= 0.3 is 6.18 Å². The summed E-state index contributed by atoms with van der Waals surface area (Å²) in [6, 6.07) is 13.5. The zero-order chi connectivity index (χ0) is 18.6. The molecule has 6 heteroatoms. The van der Waals surface area contributed by atoms with E-state index in [1.54, 1.807) is 6.07 Å². The fourth-order valence-corrected chi connectivity index (χ4v) is 3.34. The molecule has 1 fully saturated rings. The first-order valence-corrected chi connectivity index (χ1v) is 9.13. The second kappa shape index (κ2) is 8.42. The van der Waals surface area contributed by atoms with Gasteiger partial charge in [-0.3, -0.25) is 4.90 Å². The van der Waals surface area contributed by atoms with Crippen LogP contribution in [0, 0.1) is 0 Å². The highest BCUT2D eigenvalue weighted by molar-refractivity contribution is 6.30. The molecule has 0 radical (unpaired) electrons. The van der Waals surface area contributed by atoms with Crippen molar-refractivity contribution in [2.24, 2.45) is 0 Å². The third-order valence-electron chi connectivity index (χ3n) is 4.76. The highest BCUT2D eigenvalue weighted by Gasteiger charge is 2.30. The van der Waals surface area contributed by atoms with Gasteiger partial charge in [0.2, 0.25) is 0 Å². The number of rotatable bonds is 5. The van der Waals surface area contributed by atoms with Crippen LogP contribution in [0.25, 0.3) is 0 Å². The smallest absolute Gasteiger partial charge is 0.300 e. The third-order valence-corrected chi connectivity index (χ3v) is 5.01. The first kappa shape index (κ1) is 19.2. The van der Waals surface area contributed by atoms with E-state index >= 15 is 0 Å². The molecule has 2 aromatic rings. The topological polar surface area (TPSA) is 6.48 Å². The van der Waals surface area contributed by atoms with Crippen molar-refractivity contribution < 1.29 is 13.2 Å². The summed E-state index contributed by atoms with van der Waals surface area (Å²) in [6.07, 6.45) is -3.30. The molecule has 1 saturated heterocycles. The lowest BCUT2D eigenvalue weighted by Gasteiger charge is -2.34. The Kier molecular flexibility index (Phi) is 6.22. The second-order valence-corrected chi connectivity index (χ2v) is 7.13. The quantitative estimate of drug-likeness (QED) is 0.738. The largest absolute Gasteiger partial charge is 0.416 e. The van der Waals surface area contributed by atoms with Crippen LogP contribution < -0.4 is 0 Å². The average molecular weight is 383 g/mol. The van der Waals surface area contributed by atoms with Crippen LogP contribution in [0.3, 0.4) is 0 Å². The van der Waals surface area contributed by atoms with Crippen molar-refractivity contribution in [3.05, 3.63) is 70.2 Å². The van der Waals surface area contributed by atoms with Gasteiger partial charge in [0.05, 0.1) is 5.56 Å². The first-order chi connectivity index (χ1) is 12.4. The predicted molar refractivity (Wildman–Crippen MR) is 98.3 cm³/mol. The SMILES string of the molecule is FC(F)(F)c1cccc(CN2CCN(CCc3ccc(Cl)cc3)CC2)c1. The van der Waals surface area contributed by atoms with Gasteiger partial charge in [0.25, 0.3) is 0 Å². The van der Waals surface area contributed by atoms with Crippen molar-refractivity contribution >= 4 is 11.6 Å². The van der Waals surface area contributed by atoms with E-state index in [4.69, 9.17) is 11.6 Å². The Hall–Kier alpha value is -1.56. The van der Waals surface area contributed by atoms with Crippen molar-refractivity contribution in [3.63, 3.8) is 0 Å². The molecule has 3 rings (SSSR count). The Bertz CT molecular complexity index is 708. The van der Waals surface area contributed by atoms with Gasteiger partial charge < -0.3 is 4.90 Å². The number of hydrogen-bond acceptors (Lipinski definition) is 2. The highest BCUT2D eigenvalue weighted by atomic mass is 35.5. The van der Waals surface area contributed by atoms with Gasteiger partial charge in [0, 0.05) is 44.3 Å². The van der Waals surface area contributed by atoms with Crippen LogP contribution in [0.4, 0.5) is 13.2 Å². The molecular formula is C20H22ClF3N2. The van der Waals surface area contributed by atoms with E-state index in [0.717, 1.165) is 55.8 Å². The van der Waals surface area contributed by atoms with Crippen LogP contribution >= 0.6 is 11.6 Å². The number of nitrogens with zero attached hydrogens (tertiary/aromatic N) is 2. The summed E-state index contributed by atoms with van der Waals surface area (Å²) in [5, 5.41) is 0.747. The molecule has 0 N–H and O–H groups in total. The Balaban J connectivity index is 1.46. The summed E-state index contributed by atoms with van der Waals surface area (Å²) in [5.74, 6) is 0. The third kappa shape index (κ3) is 5.47. The van der Waals surface area contributed by atoms with E-state index < -0.39 is 11.7 Å². The summed E-state index contributed by atoms with van der Waals surface area (Å²) >= 11 is 5.90. The minimum Gasteiger partial charge on any atom is -0.300 e. The van der Waals surface area contributed by atoms with Crippen LogP contribution in [0.1, 0.15) is 16.7 Å². The van der Waals surface area contributed by atoms with Crippen molar-refractivity contribution in [1.82, 2.24) is 9.80 Å². The molecule has 0 atom stereocenters. The van der Waals surface area contributed by atoms with E-state index in [-0.39, 0.29) is 0 Å². The lowest BCUT2D eigenvalue weighted by atomic mass is 10.1. The Morgan fingerprint density at radius 1 is 0.846 bits per heavy atom. The lowest BCUT2D eigenvalue weighted by Crippen LogP contribution is -2.46. The molecule has 1 aliphatic rings. The predicted octanol–water partition coefficient (Wildman–Crippen LogP) is 4.72. The molecule has 140 valence electrons. The van der Waals surface area contributed by atoms with Gasteiger partial charge in [-0.05, 0) is 35.7 Å². The maximum Gasteiger partial charge on any atom is 0.416 e. The molecule has 2 aromatic carbocycles. The molecule has 1 heterocycles. The van der Waals surface area contributed by atoms with Gasteiger partial charge in [-0.2, -0.15) is 13.2 Å². The van der Waals surface area contributed by atoms with E-state index in [0.29, 0.717) is 6.54 Å².